The van der Waals surface area contributed by atoms with Gasteiger partial charge in [0.2, 0.25) is 5.91 Å². The van der Waals surface area contributed by atoms with Crippen LogP contribution in [0.5, 0.6) is 5.75 Å². The molecule has 0 bridgehead atoms. The quantitative estimate of drug-likeness (QED) is 0.702. The second kappa shape index (κ2) is 8.24. The molecule has 2 aromatic carbocycles. The van der Waals surface area contributed by atoms with Gasteiger partial charge in [-0.25, -0.2) is 4.68 Å². The number of hydrogen-bond donors (Lipinski definition) is 1. The molecule has 3 aromatic rings. The third-order valence-corrected chi connectivity index (χ3v) is 4.05. The van der Waals surface area contributed by atoms with Crippen LogP contribution in [0.3, 0.4) is 0 Å². The number of benzene rings is 2. The number of carbonyl (C=O) groups excluding carboxylic acids is 1. The summed E-state index contributed by atoms with van der Waals surface area (Å²) in [7, 11) is 1.61. The second-order valence-electron chi connectivity index (χ2n) is 5.86. The van der Waals surface area contributed by atoms with Crippen LogP contribution in [-0.4, -0.2) is 28.0 Å². The minimum atomic E-state index is -0.186. The number of nitrogens with zero attached hydrogens (tertiary/aromatic N) is 3. The summed E-state index contributed by atoms with van der Waals surface area (Å²) < 4.78 is 6.40. The van der Waals surface area contributed by atoms with Crippen molar-refractivity contribution in [3.8, 4) is 5.75 Å². The van der Waals surface area contributed by atoms with Crippen LogP contribution in [-0.2, 0) is 17.9 Å². The lowest BCUT2D eigenvalue weighted by Gasteiger charge is -2.07. The number of fused-ring (bicyclic) bond motifs is 1. The smallest absolute Gasteiger partial charge is 0.277 e. The second-order valence-corrected chi connectivity index (χ2v) is 5.86. The zero-order valence-corrected chi connectivity index (χ0v) is 14.5. The first-order valence-electron chi connectivity index (χ1n) is 8.39. The molecular weight excluding hydrogens is 332 g/mol. The van der Waals surface area contributed by atoms with Crippen LogP contribution >= 0.6 is 0 Å². The molecule has 0 aliphatic carbocycles. The first kappa shape index (κ1) is 17.6. The van der Waals surface area contributed by atoms with Crippen molar-refractivity contribution < 1.29 is 9.53 Å². The fraction of sp³-hybridized carbons (Fsp3) is 0.263. The highest BCUT2D eigenvalue weighted by Crippen LogP contribution is 2.11. The van der Waals surface area contributed by atoms with Gasteiger partial charge in [0.1, 0.15) is 11.3 Å². The van der Waals surface area contributed by atoms with E-state index in [0.29, 0.717) is 36.8 Å². The Bertz CT molecular complexity index is 951. The lowest BCUT2D eigenvalue weighted by Crippen LogP contribution is -2.26. The molecule has 7 heteroatoms. The highest BCUT2D eigenvalue weighted by molar-refractivity contribution is 5.76. The van der Waals surface area contributed by atoms with Crippen molar-refractivity contribution >= 4 is 16.8 Å². The Morgan fingerprint density at radius 1 is 1.15 bits per heavy atom. The highest BCUT2D eigenvalue weighted by Gasteiger charge is 2.06. The van der Waals surface area contributed by atoms with Crippen molar-refractivity contribution in [2.75, 3.05) is 7.11 Å². The predicted molar refractivity (Wildman–Crippen MR) is 97.9 cm³/mol. The van der Waals surface area contributed by atoms with Gasteiger partial charge in [-0.2, -0.15) is 0 Å². The Kier molecular flexibility index (Phi) is 5.58. The van der Waals surface area contributed by atoms with Crippen LogP contribution in [0.2, 0.25) is 0 Å². The normalized spacial score (nSPS) is 10.7. The van der Waals surface area contributed by atoms with Gasteiger partial charge in [0, 0.05) is 19.5 Å². The Balaban J connectivity index is 1.49. The average Bonchev–Trinajstić information content (AvgIpc) is 2.69. The van der Waals surface area contributed by atoms with E-state index in [1.54, 1.807) is 25.3 Å². The number of aryl methyl sites for hydroxylation is 1. The summed E-state index contributed by atoms with van der Waals surface area (Å²) in [4.78, 5) is 24.3. The van der Waals surface area contributed by atoms with Crippen molar-refractivity contribution in [2.24, 2.45) is 0 Å². The van der Waals surface area contributed by atoms with Crippen molar-refractivity contribution in [2.45, 2.75) is 25.9 Å². The van der Waals surface area contributed by atoms with E-state index in [1.165, 1.54) is 4.68 Å². The molecule has 0 fully saturated rings. The number of rotatable bonds is 7. The molecule has 0 atom stereocenters. The average molecular weight is 352 g/mol. The number of hydrogen-bond acceptors (Lipinski definition) is 5. The van der Waals surface area contributed by atoms with Gasteiger partial charge in [-0.1, -0.05) is 29.5 Å². The maximum Gasteiger partial charge on any atom is 0.277 e. The van der Waals surface area contributed by atoms with E-state index in [0.717, 1.165) is 11.3 Å². The summed E-state index contributed by atoms with van der Waals surface area (Å²) in [5.74, 6) is 0.713. The molecule has 1 heterocycles. The Morgan fingerprint density at radius 3 is 2.69 bits per heavy atom. The first-order valence-corrected chi connectivity index (χ1v) is 8.39. The minimum Gasteiger partial charge on any atom is -0.497 e. The lowest BCUT2D eigenvalue weighted by atomic mass is 10.2. The van der Waals surface area contributed by atoms with Crippen LogP contribution < -0.4 is 15.6 Å². The minimum absolute atomic E-state index is 0.0670. The van der Waals surface area contributed by atoms with Crippen LogP contribution in [0, 0.1) is 0 Å². The van der Waals surface area contributed by atoms with E-state index in [1.807, 2.05) is 30.3 Å². The molecule has 7 nitrogen and oxygen atoms in total. The van der Waals surface area contributed by atoms with Gasteiger partial charge in [0.05, 0.1) is 12.5 Å². The number of methoxy groups -OCH3 is 1. The fourth-order valence-corrected chi connectivity index (χ4v) is 2.59. The van der Waals surface area contributed by atoms with E-state index < -0.39 is 0 Å². The molecule has 1 amide bonds. The molecule has 1 N–H and O–H groups in total. The molecule has 0 unspecified atom stereocenters. The van der Waals surface area contributed by atoms with Crippen molar-refractivity contribution in [1.29, 1.82) is 0 Å². The van der Waals surface area contributed by atoms with Gasteiger partial charge in [-0.15, -0.1) is 5.10 Å². The largest absolute Gasteiger partial charge is 0.497 e. The Hall–Kier alpha value is -3.22. The fourth-order valence-electron chi connectivity index (χ4n) is 2.59. The summed E-state index contributed by atoms with van der Waals surface area (Å²) in [6.45, 7) is 0.811. The van der Waals surface area contributed by atoms with Crippen molar-refractivity contribution in [1.82, 2.24) is 20.3 Å². The molecule has 26 heavy (non-hydrogen) atoms. The van der Waals surface area contributed by atoms with Crippen LogP contribution in [0.4, 0.5) is 0 Å². The number of aromatic nitrogens is 3. The lowest BCUT2D eigenvalue weighted by molar-refractivity contribution is -0.121. The Morgan fingerprint density at radius 2 is 1.92 bits per heavy atom. The van der Waals surface area contributed by atoms with E-state index in [4.69, 9.17) is 4.74 Å². The summed E-state index contributed by atoms with van der Waals surface area (Å²) >= 11 is 0. The van der Waals surface area contributed by atoms with E-state index in [-0.39, 0.29) is 11.5 Å². The third kappa shape index (κ3) is 4.24. The summed E-state index contributed by atoms with van der Waals surface area (Å²) in [5, 5.41) is 11.4. The standard InChI is InChI=1S/C19H20N4O3/c1-26-15-10-8-14(9-11-15)13-20-18(24)7-4-12-23-19(25)16-5-2-3-6-17(16)21-22-23/h2-3,5-6,8-11H,4,7,12-13H2,1H3,(H,20,24). The first-order chi connectivity index (χ1) is 12.7. The topological polar surface area (TPSA) is 86.1 Å². The highest BCUT2D eigenvalue weighted by atomic mass is 16.5. The zero-order chi connectivity index (χ0) is 18.4. The van der Waals surface area contributed by atoms with E-state index >= 15 is 0 Å². The third-order valence-electron chi connectivity index (χ3n) is 4.05. The maximum atomic E-state index is 12.3. The van der Waals surface area contributed by atoms with Gasteiger partial charge < -0.3 is 10.1 Å². The molecule has 0 saturated heterocycles. The van der Waals surface area contributed by atoms with E-state index in [2.05, 4.69) is 15.6 Å². The number of ether oxygens (including phenoxy) is 1. The SMILES string of the molecule is COc1ccc(CNC(=O)CCCn2nnc3ccccc3c2=O)cc1. The van der Waals surface area contributed by atoms with E-state index in [9.17, 15) is 9.59 Å². The molecule has 0 radical (unpaired) electrons. The predicted octanol–water partition coefficient (Wildman–Crippen LogP) is 1.90. The molecule has 0 saturated carbocycles. The molecule has 0 aliphatic heterocycles. The summed E-state index contributed by atoms with van der Waals surface area (Å²) in [6.07, 6.45) is 0.832. The van der Waals surface area contributed by atoms with Gasteiger partial charge in [0.25, 0.3) is 5.56 Å². The summed E-state index contributed by atoms with van der Waals surface area (Å²) in [5.41, 5.74) is 1.39. The monoisotopic (exact) mass is 352 g/mol. The van der Waals surface area contributed by atoms with Crippen molar-refractivity contribution in [3.63, 3.8) is 0 Å². The van der Waals surface area contributed by atoms with Crippen LogP contribution in [0.25, 0.3) is 10.9 Å². The summed E-state index contributed by atoms with van der Waals surface area (Å²) in [6, 6.07) is 14.6. The number of amides is 1. The molecular formula is C19H20N4O3. The molecule has 3 rings (SSSR count). The number of carbonyl (C=O) groups is 1. The molecule has 1 aromatic heterocycles. The van der Waals surface area contributed by atoms with Gasteiger partial charge in [-0.3, -0.25) is 9.59 Å². The van der Waals surface area contributed by atoms with Gasteiger partial charge in [-0.05, 0) is 36.2 Å². The van der Waals surface area contributed by atoms with Gasteiger partial charge in [0.15, 0.2) is 0 Å². The molecule has 134 valence electrons. The zero-order valence-electron chi connectivity index (χ0n) is 14.5. The van der Waals surface area contributed by atoms with Gasteiger partial charge >= 0.3 is 0 Å². The number of nitrogens with one attached hydrogen (secondary N) is 1. The van der Waals surface area contributed by atoms with Crippen molar-refractivity contribution in [3.05, 3.63) is 64.4 Å². The molecule has 0 spiro atoms. The van der Waals surface area contributed by atoms with Crippen LogP contribution in [0.1, 0.15) is 18.4 Å². The Labute approximate surface area is 150 Å². The van der Waals surface area contributed by atoms with Crippen LogP contribution in [0.15, 0.2) is 53.3 Å². The molecule has 0 aliphatic rings. The maximum absolute atomic E-state index is 12.3.